The summed E-state index contributed by atoms with van der Waals surface area (Å²) in [6.45, 7) is 6.62. The normalized spacial score (nSPS) is 17.1. The number of benzene rings is 1. The monoisotopic (exact) mass is 265 g/mol. The Kier molecular flexibility index (Phi) is 4.32. The maximum Gasteiger partial charge on any atom is 0.123 e. The van der Waals surface area contributed by atoms with Crippen LogP contribution in [0, 0.1) is 0 Å². The Morgan fingerprint density at radius 2 is 2.00 bits per heavy atom. The molecule has 1 aromatic rings. The first kappa shape index (κ1) is 14.2. The highest BCUT2D eigenvalue weighted by Crippen LogP contribution is 2.39. The van der Waals surface area contributed by atoms with Crippen molar-refractivity contribution in [1.82, 2.24) is 5.32 Å². The number of hydrogen-bond acceptors (Lipinski definition) is 4. The van der Waals surface area contributed by atoms with Gasteiger partial charge in [0.15, 0.2) is 0 Å². The molecule has 19 heavy (non-hydrogen) atoms. The van der Waals surface area contributed by atoms with Gasteiger partial charge in [0.2, 0.25) is 0 Å². The second-order valence-corrected chi connectivity index (χ2v) is 5.37. The van der Waals surface area contributed by atoms with Crippen molar-refractivity contribution in [2.24, 2.45) is 0 Å². The molecule has 0 atom stereocenters. The molecule has 106 valence electrons. The minimum atomic E-state index is -0.00977. The summed E-state index contributed by atoms with van der Waals surface area (Å²) in [6, 6.07) is 6.40. The molecule has 0 spiro atoms. The summed E-state index contributed by atoms with van der Waals surface area (Å²) >= 11 is 0. The summed E-state index contributed by atoms with van der Waals surface area (Å²) in [6.07, 6.45) is 0. The quantitative estimate of drug-likeness (QED) is 0.853. The first-order chi connectivity index (χ1) is 9.11. The fraction of sp³-hybridized carbons (Fsp3) is 0.600. The zero-order chi connectivity index (χ0) is 13.9. The van der Waals surface area contributed by atoms with Crippen molar-refractivity contribution in [2.75, 3.05) is 34.0 Å². The second kappa shape index (κ2) is 5.80. The van der Waals surface area contributed by atoms with E-state index in [1.807, 2.05) is 12.1 Å². The Labute approximate surface area is 115 Å². The minimum absolute atomic E-state index is 0.00977. The van der Waals surface area contributed by atoms with E-state index in [1.54, 1.807) is 14.2 Å². The molecule has 1 aliphatic heterocycles. The Balaban J connectivity index is 2.30. The fourth-order valence-electron chi connectivity index (χ4n) is 2.33. The first-order valence-electron chi connectivity index (χ1n) is 6.65. The fourth-order valence-corrected chi connectivity index (χ4v) is 2.33. The van der Waals surface area contributed by atoms with E-state index in [9.17, 15) is 0 Å². The summed E-state index contributed by atoms with van der Waals surface area (Å²) < 4.78 is 16.3. The van der Waals surface area contributed by atoms with Gasteiger partial charge in [0.25, 0.3) is 0 Å². The molecule has 4 nitrogen and oxygen atoms in total. The van der Waals surface area contributed by atoms with Gasteiger partial charge >= 0.3 is 0 Å². The van der Waals surface area contributed by atoms with Crippen molar-refractivity contribution in [3.63, 3.8) is 0 Å². The third-order valence-corrected chi connectivity index (χ3v) is 3.58. The van der Waals surface area contributed by atoms with Crippen LogP contribution >= 0.6 is 0 Å². The van der Waals surface area contributed by atoms with E-state index in [2.05, 4.69) is 25.2 Å². The predicted octanol–water partition coefficient (Wildman–Crippen LogP) is 1.97. The summed E-state index contributed by atoms with van der Waals surface area (Å²) in [5, 5.41) is 3.50. The lowest BCUT2D eigenvalue weighted by atomic mass is 9.77. The van der Waals surface area contributed by atoms with E-state index in [-0.39, 0.29) is 5.41 Å². The van der Waals surface area contributed by atoms with Crippen molar-refractivity contribution in [1.29, 1.82) is 0 Å². The van der Waals surface area contributed by atoms with E-state index >= 15 is 0 Å². The molecule has 2 rings (SSSR count). The first-order valence-corrected chi connectivity index (χ1v) is 6.65. The number of methoxy groups -OCH3 is 2. The molecular weight excluding hydrogens is 242 g/mol. The van der Waals surface area contributed by atoms with Crippen LogP contribution < -0.4 is 14.8 Å². The van der Waals surface area contributed by atoms with Crippen LogP contribution in [-0.2, 0) is 10.2 Å². The molecule has 1 fully saturated rings. The van der Waals surface area contributed by atoms with E-state index in [1.165, 1.54) is 0 Å². The average molecular weight is 265 g/mol. The van der Waals surface area contributed by atoms with Crippen molar-refractivity contribution in [3.05, 3.63) is 23.8 Å². The van der Waals surface area contributed by atoms with Crippen LogP contribution in [0.2, 0.25) is 0 Å². The maximum atomic E-state index is 5.49. The van der Waals surface area contributed by atoms with Gasteiger partial charge in [-0.15, -0.1) is 0 Å². The van der Waals surface area contributed by atoms with Gasteiger partial charge in [-0.2, -0.15) is 0 Å². The van der Waals surface area contributed by atoms with Crippen molar-refractivity contribution >= 4 is 0 Å². The highest BCUT2D eigenvalue weighted by atomic mass is 16.5. The van der Waals surface area contributed by atoms with Gasteiger partial charge in [-0.25, -0.2) is 0 Å². The van der Waals surface area contributed by atoms with Gasteiger partial charge < -0.3 is 19.5 Å². The smallest absolute Gasteiger partial charge is 0.123 e. The minimum Gasteiger partial charge on any atom is -0.497 e. The third kappa shape index (κ3) is 2.85. The van der Waals surface area contributed by atoms with Gasteiger partial charge in [-0.1, -0.05) is 13.8 Å². The Bertz CT molecular complexity index is 427. The van der Waals surface area contributed by atoms with Crippen LogP contribution in [0.4, 0.5) is 0 Å². The topological polar surface area (TPSA) is 39.7 Å². The van der Waals surface area contributed by atoms with E-state index in [0.29, 0.717) is 6.04 Å². The second-order valence-electron chi connectivity index (χ2n) is 5.37. The largest absolute Gasteiger partial charge is 0.497 e. The molecule has 0 unspecified atom stereocenters. The molecule has 1 aromatic carbocycles. The predicted molar refractivity (Wildman–Crippen MR) is 75.2 cm³/mol. The lowest BCUT2D eigenvalue weighted by Gasteiger charge is -2.43. The van der Waals surface area contributed by atoms with E-state index in [4.69, 9.17) is 14.2 Å². The molecule has 0 aromatic heterocycles. The van der Waals surface area contributed by atoms with Crippen molar-refractivity contribution in [2.45, 2.75) is 25.3 Å². The van der Waals surface area contributed by atoms with Gasteiger partial charge in [0, 0.05) is 18.2 Å². The maximum absolute atomic E-state index is 5.49. The van der Waals surface area contributed by atoms with Gasteiger partial charge in [0.05, 0.1) is 32.8 Å². The van der Waals surface area contributed by atoms with E-state index in [0.717, 1.165) is 36.8 Å². The Morgan fingerprint density at radius 1 is 1.26 bits per heavy atom. The highest BCUT2D eigenvalue weighted by Gasteiger charge is 2.42. The SMILES string of the molecule is COc1ccc(OC)c(C2(CNC(C)C)COC2)c1. The third-order valence-electron chi connectivity index (χ3n) is 3.58. The number of nitrogens with one attached hydrogen (secondary N) is 1. The summed E-state index contributed by atoms with van der Waals surface area (Å²) in [7, 11) is 3.39. The van der Waals surface area contributed by atoms with Crippen molar-refractivity contribution < 1.29 is 14.2 Å². The highest BCUT2D eigenvalue weighted by molar-refractivity contribution is 5.46. The Hall–Kier alpha value is -1.26. The van der Waals surface area contributed by atoms with Crippen LogP contribution in [0.25, 0.3) is 0 Å². The van der Waals surface area contributed by atoms with Crippen LogP contribution in [0.3, 0.4) is 0 Å². The zero-order valence-electron chi connectivity index (χ0n) is 12.2. The number of rotatable bonds is 6. The van der Waals surface area contributed by atoms with Gasteiger partial charge in [0.1, 0.15) is 11.5 Å². The van der Waals surface area contributed by atoms with Gasteiger partial charge in [-0.3, -0.25) is 0 Å². The molecule has 1 aliphatic rings. The molecule has 1 saturated heterocycles. The lowest BCUT2D eigenvalue weighted by Crippen LogP contribution is -2.54. The molecule has 0 radical (unpaired) electrons. The summed E-state index contributed by atoms with van der Waals surface area (Å²) in [4.78, 5) is 0. The van der Waals surface area contributed by atoms with Gasteiger partial charge in [-0.05, 0) is 18.2 Å². The summed E-state index contributed by atoms with van der Waals surface area (Å²) in [5.74, 6) is 1.75. The molecular formula is C15H23NO3. The molecule has 0 amide bonds. The van der Waals surface area contributed by atoms with Crippen LogP contribution in [0.15, 0.2) is 18.2 Å². The molecule has 0 aliphatic carbocycles. The van der Waals surface area contributed by atoms with Crippen LogP contribution in [0.1, 0.15) is 19.4 Å². The Morgan fingerprint density at radius 3 is 2.47 bits per heavy atom. The number of hydrogen-bond donors (Lipinski definition) is 1. The van der Waals surface area contributed by atoms with Crippen molar-refractivity contribution in [3.8, 4) is 11.5 Å². The number of ether oxygens (including phenoxy) is 3. The van der Waals surface area contributed by atoms with E-state index < -0.39 is 0 Å². The van der Waals surface area contributed by atoms with Crippen LogP contribution in [-0.4, -0.2) is 40.0 Å². The summed E-state index contributed by atoms with van der Waals surface area (Å²) in [5.41, 5.74) is 1.15. The zero-order valence-corrected chi connectivity index (χ0v) is 12.2. The standard InChI is InChI=1S/C15H23NO3/c1-11(2)16-8-15(9-19-10-15)13-7-12(17-3)5-6-14(13)18-4/h5-7,11,16H,8-10H2,1-4H3. The molecule has 1 N–H and O–H groups in total. The average Bonchev–Trinajstić information content (AvgIpc) is 2.37. The van der Waals surface area contributed by atoms with Crippen LogP contribution in [0.5, 0.6) is 11.5 Å². The lowest BCUT2D eigenvalue weighted by molar-refractivity contribution is -0.0606. The molecule has 1 heterocycles. The molecule has 0 saturated carbocycles. The molecule has 4 heteroatoms. The molecule has 0 bridgehead atoms.